The topological polar surface area (TPSA) is 77.8 Å². The second-order valence-corrected chi connectivity index (χ2v) is 20.3. The maximum Gasteiger partial charge on any atom is 0.320 e. The minimum Gasteiger partial charge on any atom is -0.481 e. The predicted molar refractivity (Wildman–Crippen MR) is 173 cm³/mol. The monoisotopic (exact) mass is 642 g/mol. The summed E-state index contributed by atoms with van der Waals surface area (Å²) in [6, 6.07) is 3.48. The Kier molecular flexibility index (Phi) is 8.04. The van der Waals surface area contributed by atoms with Crippen LogP contribution in [-0.2, 0) is 24.4 Å². The van der Waals surface area contributed by atoms with Crippen LogP contribution >= 0.6 is 11.6 Å². The van der Waals surface area contributed by atoms with Crippen molar-refractivity contribution in [2.45, 2.75) is 95.1 Å². The molecule has 9 nitrogen and oxygen atoms in total. The summed E-state index contributed by atoms with van der Waals surface area (Å²) in [5.41, 5.74) is 4.99. The van der Waals surface area contributed by atoms with Crippen LogP contribution in [-0.4, -0.2) is 84.4 Å². The van der Waals surface area contributed by atoms with E-state index in [0.717, 1.165) is 90.7 Å². The van der Waals surface area contributed by atoms with Crippen LogP contribution in [0, 0.1) is 0 Å². The van der Waals surface area contributed by atoms with Gasteiger partial charge in [0, 0.05) is 50.2 Å². The third-order valence-electron chi connectivity index (χ3n) is 9.85. The zero-order valence-corrected chi connectivity index (χ0v) is 28.1. The van der Waals surface area contributed by atoms with Gasteiger partial charge in [-0.3, -0.25) is 4.90 Å². The molecule has 1 aliphatic carbocycles. The maximum absolute atomic E-state index is 14.3. The number of aromatic nitrogens is 4. The zero-order chi connectivity index (χ0) is 30.6. The van der Waals surface area contributed by atoms with Gasteiger partial charge in [0.25, 0.3) is 0 Å². The SMILES string of the molecule is COc1nc(OC[C@@]23CCCN2C[C@H](F)C3)nc2c1CCN(c1c(C3CC3)c(Cl)cc3c1cnn3COCC[Si](C)(C)C)C2. The fraction of sp³-hybridized carbons (Fsp3) is 0.656. The number of benzene rings is 1. The highest BCUT2D eigenvalue weighted by molar-refractivity contribution is 6.76. The molecule has 0 amide bonds. The summed E-state index contributed by atoms with van der Waals surface area (Å²) in [4.78, 5) is 14.2. The Morgan fingerprint density at radius 3 is 2.80 bits per heavy atom. The first-order valence-electron chi connectivity index (χ1n) is 16.1. The molecule has 0 unspecified atom stereocenters. The lowest BCUT2D eigenvalue weighted by atomic mass is 9.95. The smallest absolute Gasteiger partial charge is 0.320 e. The second kappa shape index (κ2) is 11.7. The molecular weight excluding hydrogens is 599 g/mol. The average molecular weight is 643 g/mol. The van der Waals surface area contributed by atoms with Crippen molar-refractivity contribution in [2.75, 3.05) is 44.9 Å². The van der Waals surface area contributed by atoms with E-state index in [1.165, 1.54) is 5.56 Å². The number of methoxy groups -OCH3 is 1. The molecule has 238 valence electrons. The summed E-state index contributed by atoms with van der Waals surface area (Å²) in [5, 5.41) is 6.63. The van der Waals surface area contributed by atoms with Crippen molar-refractivity contribution in [1.82, 2.24) is 24.6 Å². The molecule has 2 atom stereocenters. The van der Waals surface area contributed by atoms with Crippen LogP contribution in [0.1, 0.15) is 54.8 Å². The highest BCUT2D eigenvalue weighted by atomic mass is 35.5. The van der Waals surface area contributed by atoms with Crippen molar-refractivity contribution >= 4 is 36.3 Å². The standard InChI is InChI=1S/C32H44ClFN6O3Si/c1-41-30-23-8-11-38(18-26(23)36-31(37-30)43-19-32-9-5-10-39(32)17-22(34)15-32)29-24-16-35-40(20-42-12-13-44(2,3)4)27(24)14-25(33)28(29)21-6-7-21/h14,16,21-22H,5-13,15,17-20H2,1-4H3/t22-,32+/m1/s1. The largest absolute Gasteiger partial charge is 0.481 e. The van der Waals surface area contributed by atoms with Crippen LogP contribution in [0.15, 0.2) is 12.3 Å². The Bertz CT molecular complexity index is 1540. The highest BCUT2D eigenvalue weighted by Gasteiger charge is 2.49. The van der Waals surface area contributed by atoms with Crippen LogP contribution in [0.25, 0.3) is 10.9 Å². The van der Waals surface area contributed by atoms with E-state index in [4.69, 9.17) is 35.9 Å². The number of fused-ring (bicyclic) bond motifs is 3. The Morgan fingerprint density at radius 1 is 1.18 bits per heavy atom. The first-order valence-corrected chi connectivity index (χ1v) is 20.2. The molecule has 1 aromatic carbocycles. The van der Waals surface area contributed by atoms with E-state index >= 15 is 0 Å². The van der Waals surface area contributed by atoms with Crippen molar-refractivity contribution in [2.24, 2.45) is 0 Å². The maximum atomic E-state index is 14.3. The molecule has 12 heteroatoms. The number of nitrogens with zero attached hydrogens (tertiary/aromatic N) is 6. The van der Waals surface area contributed by atoms with Crippen molar-refractivity contribution in [1.29, 1.82) is 0 Å². The molecule has 2 aromatic heterocycles. The van der Waals surface area contributed by atoms with E-state index in [1.54, 1.807) is 7.11 Å². The minimum atomic E-state index is -1.18. The van der Waals surface area contributed by atoms with Gasteiger partial charge in [0.1, 0.15) is 19.5 Å². The first-order chi connectivity index (χ1) is 21.1. The van der Waals surface area contributed by atoms with Crippen molar-refractivity contribution in [3.8, 4) is 11.9 Å². The van der Waals surface area contributed by atoms with E-state index in [0.29, 0.717) is 50.7 Å². The summed E-state index contributed by atoms with van der Waals surface area (Å²) in [6.45, 7) is 11.4. The van der Waals surface area contributed by atoms with Crippen molar-refractivity contribution in [3.63, 3.8) is 0 Å². The summed E-state index contributed by atoms with van der Waals surface area (Å²) in [5.74, 6) is 1.01. The number of rotatable bonds is 11. The van der Waals surface area contributed by atoms with Gasteiger partial charge < -0.3 is 19.1 Å². The van der Waals surface area contributed by atoms with Crippen LogP contribution in [0.4, 0.5) is 10.1 Å². The molecule has 44 heavy (non-hydrogen) atoms. The third kappa shape index (κ3) is 5.81. The number of hydrogen-bond acceptors (Lipinski definition) is 8. The fourth-order valence-corrected chi connectivity index (χ4v) is 8.47. The zero-order valence-electron chi connectivity index (χ0n) is 26.4. The molecule has 0 bridgehead atoms. The van der Waals surface area contributed by atoms with E-state index in [2.05, 4.69) is 40.5 Å². The second-order valence-electron chi connectivity index (χ2n) is 14.3. The van der Waals surface area contributed by atoms with Crippen molar-refractivity contribution < 1.29 is 18.6 Å². The lowest BCUT2D eigenvalue weighted by Crippen LogP contribution is -2.43. The van der Waals surface area contributed by atoms with Gasteiger partial charge in [-0.2, -0.15) is 15.1 Å². The molecule has 3 aromatic rings. The predicted octanol–water partition coefficient (Wildman–Crippen LogP) is 6.20. The van der Waals surface area contributed by atoms with E-state index in [1.807, 2.05) is 10.9 Å². The first kappa shape index (κ1) is 30.2. The summed E-state index contributed by atoms with van der Waals surface area (Å²) in [7, 11) is 0.470. The molecule has 0 spiro atoms. The summed E-state index contributed by atoms with van der Waals surface area (Å²) >= 11 is 7.04. The number of alkyl halides is 1. The highest BCUT2D eigenvalue weighted by Crippen LogP contribution is 2.51. The molecule has 4 aliphatic rings. The van der Waals surface area contributed by atoms with Crippen LogP contribution in [0.2, 0.25) is 30.7 Å². The molecule has 7 rings (SSSR count). The number of ether oxygens (including phenoxy) is 3. The Labute approximate surface area is 265 Å². The van der Waals surface area contributed by atoms with Gasteiger partial charge in [0.05, 0.1) is 42.3 Å². The lowest BCUT2D eigenvalue weighted by Gasteiger charge is -2.33. The molecular formula is C32H44ClFN6O3Si. The summed E-state index contributed by atoms with van der Waals surface area (Å²) in [6.07, 6.45) is 6.70. The van der Waals surface area contributed by atoms with Gasteiger partial charge in [-0.05, 0) is 62.2 Å². The number of halogens is 2. The van der Waals surface area contributed by atoms with E-state index < -0.39 is 14.2 Å². The number of anilines is 1. The van der Waals surface area contributed by atoms with Crippen LogP contribution in [0.5, 0.6) is 11.9 Å². The van der Waals surface area contributed by atoms with Crippen molar-refractivity contribution in [3.05, 3.63) is 34.1 Å². The Hall–Kier alpha value is -2.47. The molecule has 5 heterocycles. The van der Waals surface area contributed by atoms with Gasteiger partial charge in [-0.25, -0.2) is 9.07 Å². The molecule has 1 saturated carbocycles. The normalized spacial score (nSPS) is 23.8. The third-order valence-corrected chi connectivity index (χ3v) is 11.9. The molecule has 3 fully saturated rings. The lowest BCUT2D eigenvalue weighted by molar-refractivity contribution is 0.0817. The van der Waals surface area contributed by atoms with Crippen LogP contribution < -0.4 is 14.4 Å². The Balaban J connectivity index is 1.16. The molecule has 0 N–H and O–H groups in total. The van der Waals surface area contributed by atoms with Gasteiger partial charge in [0.15, 0.2) is 0 Å². The number of hydrogen-bond donors (Lipinski definition) is 0. The van der Waals surface area contributed by atoms with Gasteiger partial charge >= 0.3 is 6.01 Å². The average Bonchev–Trinajstić information content (AvgIpc) is 3.52. The van der Waals surface area contributed by atoms with Gasteiger partial charge in [-0.1, -0.05) is 31.2 Å². The molecule has 2 saturated heterocycles. The molecule has 0 radical (unpaired) electrons. The van der Waals surface area contributed by atoms with Gasteiger partial charge in [0.2, 0.25) is 5.88 Å². The van der Waals surface area contributed by atoms with E-state index in [9.17, 15) is 4.39 Å². The van der Waals surface area contributed by atoms with Gasteiger partial charge in [-0.15, -0.1) is 0 Å². The summed E-state index contributed by atoms with van der Waals surface area (Å²) < 4.78 is 34.3. The molecule has 3 aliphatic heterocycles. The Morgan fingerprint density at radius 2 is 2.02 bits per heavy atom. The quantitative estimate of drug-likeness (QED) is 0.181. The van der Waals surface area contributed by atoms with E-state index in [-0.39, 0.29) is 5.54 Å². The fourth-order valence-electron chi connectivity index (χ4n) is 7.36. The minimum absolute atomic E-state index is 0.262. The van der Waals surface area contributed by atoms with Crippen LogP contribution in [0.3, 0.4) is 0 Å².